The van der Waals surface area contributed by atoms with Crippen LogP contribution in [0.5, 0.6) is 0 Å². The number of nitrogens with one attached hydrogen (secondary N) is 1. The molecule has 0 aromatic carbocycles. The zero-order chi connectivity index (χ0) is 8.55. The van der Waals surface area contributed by atoms with Gasteiger partial charge in [0.05, 0.1) is 12.0 Å². The van der Waals surface area contributed by atoms with Gasteiger partial charge in [0, 0.05) is 0 Å². The molecule has 2 rings (SSSR count). The van der Waals surface area contributed by atoms with Crippen molar-refractivity contribution >= 4 is 15.9 Å². The Morgan fingerprint density at radius 2 is 2.42 bits per heavy atom. The van der Waals surface area contributed by atoms with Gasteiger partial charge >= 0.3 is 0 Å². The minimum Gasteiger partial charge on any atom is -0.312 e. The molecule has 12 heavy (non-hydrogen) atoms. The molecule has 1 aliphatic carbocycles. The van der Waals surface area contributed by atoms with E-state index in [1.165, 1.54) is 19.2 Å². The molecule has 1 aromatic heterocycles. The van der Waals surface area contributed by atoms with Gasteiger partial charge in [-0.1, -0.05) is 0 Å². The van der Waals surface area contributed by atoms with Crippen molar-refractivity contribution in [2.45, 2.75) is 19.3 Å². The Hall–Kier alpha value is -0.640. The van der Waals surface area contributed by atoms with Gasteiger partial charge in [0.15, 0.2) is 0 Å². The Morgan fingerprint density at radius 3 is 3.08 bits per heavy atom. The highest BCUT2D eigenvalue weighted by Crippen LogP contribution is 2.32. The van der Waals surface area contributed by atoms with Crippen molar-refractivity contribution in [2.75, 3.05) is 0 Å². The Kier molecular flexibility index (Phi) is 2.00. The van der Waals surface area contributed by atoms with Crippen molar-refractivity contribution in [1.29, 1.82) is 0 Å². The van der Waals surface area contributed by atoms with Crippen LogP contribution in [0.2, 0.25) is 0 Å². The summed E-state index contributed by atoms with van der Waals surface area (Å²) in [6.45, 7) is 0. The summed E-state index contributed by atoms with van der Waals surface area (Å²) in [5.41, 5.74) is 0.807. The fourth-order valence-electron chi connectivity index (χ4n) is 1.16. The van der Waals surface area contributed by atoms with Crippen molar-refractivity contribution < 1.29 is 0 Å². The molecule has 4 heteroatoms. The number of halogens is 1. The molecule has 0 radical (unpaired) electrons. The molecule has 0 spiro atoms. The molecule has 1 N–H and O–H groups in total. The van der Waals surface area contributed by atoms with Gasteiger partial charge in [-0.15, -0.1) is 0 Å². The summed E-state index contributed by atoms with van der Waals surface area (Å²) < 4.78 is 0.594. The van der Waals surface area contributed by atoms with E-state index >= 15 is 0 Å². The van der Waals surface area contributed by atoms with Crippen molar-refractivity contribution in [3.8, 4) is 0 Å². The van der Waals surface area contributed by atoms with Gasteiger partial charge in [0.2, 0.25) is 0 Å². The van der Waals surface area contributed by atoms with E-state index in [-0.39, 0.29) is 5.56 Å². The normalized spacial score (nSPS) is 16.4. The molecule has 1 aromatic rings. The molecule has 1 saturated carbocycles. The molecule has 3 nitrogen and oxygen atoms in total. The Morgan fingerprint density at radius 1 is 1.67 bits per heavy atom. The summed E-state index contributed by atoms with van der Waals surface area (Å²) in [5, 5.41) is 0. The number of nitrogens with zero attached hydrogens (tertiary/aromatic N) is 1. The third-order valence-electron chi connectivity index (χ3n) is 2.05. The third-order valence-corrected chi connectivity index (χ3v) is 2.87. The second-order valence-corrected chi connectivity index (χ2v) is 3.93. The van der Waals surface area contributed by atoms with Gasteiger partial charge in [-0.25, -0.2) is 4.98 Å². The summed E-state index contributed by atoms with van der Waals surface area (Å²) in [6, 6.07) is 0. The van der Waals surface area contributed by atoms with Crippen LogP contribution >= 0.6 is 15.9 Å². The van der Waals surface area contributed by atoms with Crippen LogP contribution in [0.3, 0.4) is 0 Å². The summed E-state index contributed by atoms with van der Waals surface area (Å²) in [4.78, 5) is 17.7. The van der Waals surface area contributed by atoms with Gasteiger partial charge < -0.3 is 4.98 Å². The van der Waals surface area contributed by atoms with Gasteiger partial charge in [-0.3, -0.25) is 4.79 Å². The first-order valence-corrected chi connectivity index (χ1v) is 4.78. The lowest BCUT2D eigenvalue weighted by Gasteiger charge is -1.98. The second-order valence-electron chi connectivity index (χ2n) is 3.14. The molecule has 1 fully saturated rings. The fourth-order valence-corrected chi connectivity index (χ4v) is 1.54. The first-order valence-electron chi connectivity index (χ1n) is 3.99. The standard InChI is InChI=1S/C8H9BrN2O/c9-7-6(3-5-1-2-5)10-4-11-8(7)12/h4-5H,1-3H2,(H,10,11,12). The average molecular weight is 229 g/mol. The lowest BCUT2D eigenvalue weighted by atomic mass is 10.2. The minimum atomic E-state index is -0.0827. The van der Waals surface area contributed by atoms with E-state index in [0.29, 0.717) is 4.47 Å². The van der Waals surface area contributed by atoms with Crippen LogP contribution in [0.15, 0.2) is 15.6 Å². The van der Waals surface area contributed by atoms with E-state index < -0.39 is 0 Å². The molecule has 0 bridgehead atoms. The highest BCUT2D eigenvalue weighted by molar-refractivity contribution is 9.10. The van der Waals surface area contributed by atoms with E-state index in [0.717, 1.165) is 18.0 Å². The zero-order valence-corrected chi connectivity index (χ0v) is 8.10. The molecule has 0 atom stereocenters. The summed E-state index contributed by atoms with van der Waals surface area (Å²) in [7, 11) is 0. The zero-order valence-electron chi connectivity index (χ0n) is 6.51. The van der Waals surface area contributed by atoms with Crippen molar-refractivity contribution in [2.24, 2.45) is 5.92 Å². The maximum atomic E-state index is 11.1. The first kappa shape index (κ1) is 7.98. The van der Waals surface area contributed by atoms with Crippen LogP contribution < -0.4 is 5.56 Å². The first-order chi connectivity index (χ1) is 5.77. The van der Waals surface area contributed by atoms with Gasteiger partial charge in [0.25, 0.3) is 5.56 Å². The third kappa shape index (κ3) is 1.58. The maximum absolute atomic E-state index is 11.1. The Balaban J connectivity index is 2.29. The number of aromatic nitrogens is 2. The molecule has 0 saturated heterocycles. The fraction of sp³-hybridized carbons (Fsp3) is 0.500. The topological polar surface area (TPSA) is 45.8 Å². The van der Waals surface area contributed by atoms with Crippen LogP contribution in [0.1, 0.15) is 18.5 Å². The van der Waals surface area contributed by atoms with E-state index in [1.807, 2.05) is 0 Å². The molecule has 0 unspecified atom stereocenters. The largest absolute Gasteiger partial charge is 0.312 e. The minimum absolute atomic E-state index is 0.0827. The highest BCUT2D eigenvalue weighted by Gasteiger charge is 2.23. The van der Waals surface area contributed by atoms with E-state index in [9.17, 15) is 4.79 Å². The molecule has 0 amide bonds. The Labute approximate surface area is 78.4 Å². The van der Waals surface area contributed by atoms with Gasteiger partial charge in [-0.2, -0.15) is 0 Å². The number of H-pyrrole nitrogens is 1. The molecule has 1 aliphatic rings. The van der Waals surface area contributed by atoms with Crippen molar-refractivity contribution in [3.05, 3.63) is 26.8 Å². The SMILES string of the molecule is O=c1[nH]cnc(CC2CC2)c1Br. The number of aromatic amines is 1. The maximum Gasteiger partial charge on any atom is 0.265 e. The second kappa shape index (κ2) is 3.01. The Bertz CT molecular complexity index is 343. The summed E-state index contributed by atoms with van der Waals surface area (Å²) in [6.07, 6.45) is 4.96. The lowest BCUT2D eigenvalue weighted by Crippen LogP contribution is -2.10. The molecule has 64 valence electrons. The predicted octanol–water partition coefficient (Wildman–Crippen LogP) is 1.48. The molecule has 0 aliphatic heterocycles. The number of rotatable bonds is 2. The van der Waals surface area contributed by atoms with Crippen LogP contribution in [0, 0.1) is 5.92 Å². The van der Waals surface area contributed by atoms with Crippen LogP contribution in [0.25, 0.3) is 0 Å². The van der Waals surface area contributed by atoms with Gasteiger partial charge in [0.1, 0.15) is 4.47 Å². The van der Waals surface area contributed by atoms with Crippen LogP contribution in [-0.2, 0) is 6.42 Å². The van der Waals surface area contributed by atoms with Crippen LogP contribution in [0.4, 0.5) is 0 Å². The van der Waals surface area contributed by atoms with Gasteiger partial charge in [-0.05, 0) is 41.1 Å². The van der Waals surface area contributed by atoms with E-state index in [2.05, 4.69) is 25.9 Å². The van der Waals surface area contributed by atoms with Crippen LogP contribution in [-0.4, -0.2) is 9.97 Å². The lowest BCUT2D eigenvalue weighted by molar-refractivity contribution is 0.789. The van der Waals surface area contributed by atoms with Crippen molar-refractivity contribution in [1.82, 2.24) is 9.97 Å². The highest BCUT2D eigenvalue weighted by atomic mass is 79.9. The monoisotopic (exact) mass is 228 g/mol. The average Bonchev–Trinajstić information content (AvgIpc) is 2.83. The molecular formula is C8H9BrN2O. The summed E-state index contributed by atoms with van der Waals surface area (Å²) >= 11 is 3.23. The number of hydrogen-bond donors (Lipinski definition) is 1. The quantitative estimate of drug-likeness (QED) is 0.834. The predicted molar refractivity (Wildman–Crippen MR) is 49.0 cm³/mol. The van der Waals surface area contributed by atoms with E-state index in [1.54, 1.807) is 0 Å². The summed E-state index contributed by atoms with van der Waals surface area (Å²) in [5.74, 6) is 0.760. The molecule has 1 heterocycles. The molecular weight excluding hydrogens is 220 g/mol. The van der Waals surface area contributed by atoms with Crippen molar-refractivity contribution in [3.63, 3.8) is 0 Å². The van der Waals surface area contributed by atoms with E-state index in [4.69, 9.17) is 0 Å². The number of hydrogen-bond acceptors (Lipinski definition) is 2. The smallest absolute Gasteiger partial charge is 0.265 e.